The second-order valence-electron chi connectivity index (χ2n) is 4.14. The van der Waals surface area contributed by atoms with Crippen molar-refractivity contribution in [3.8, 4) is 11.5 Å². The van der Waals surface area contributed by atoms with E-state index in [1.54, 1.807) is 43.5 Å². The maximum absolute atomic E-state index is 12.4. The number of hydrogen-bond acceptors (Lipinski definition) is 3. The Bertz CT molecular complexity index is 676. The minimum Gasteiger partial charge on any atom is -0.497 e. The van der Waals surface area contributed by atoms with E-state index in [4.69, 9.17) is 21.1 Å². The van der Waals surface area contributed by atoms with Crippen LogP contribution in [0.5, 0.6) is 11.5 Å². The van der Waals surface area contributed by atoms with Crippen LogP contribution in [0.4, 0.5) is 5.69 Å². The highest BCUT2D eigenvalue weighted by molar-refractivity contribution is 9.10. The van der Waals surface area contributed by atoms with Crippen LogP contribution < -0.4 is 14.8 Å². The Kier molecular flexibility index (Phi) is 5.09. The van der Waals surface area contributed by atoms with E-state index in [2.05, 4.69) is 21.2 Å². The smallest absolute Gasteiger partial charge is 0.259 e. The predicted octanol–water partition coefficient (Wildman–Crippen LogP) is 4.37. The summed E-state index contributed by atoms with van der Waals surface area (Å²) in [7, 11) is 3.07. The van der Waals surface area contributed by atoms with Gasteiger partial charge >= 0.3 is 0 Å². The number of carbonyl (C=O) groups is 1. The molecule has 0 aromatic heterocycles. The van der Waals surface area contributed by atoms with E-state index in [0.717, 1.165) is 4.47 Å². The van der Waals surface area contributed by atoms with Crippen molar-refractivity contribution in [1.82, 2.24) is 0 Å². The van der Waals surface area contributed by atoms with Crippen LogP contribution in [0.1, 0.15) is 10.4 Å². The zero-order valence-electron chi connectivity index (χ0n) is 11.4. The number of carbonyl (C=O) groups excluding carboxylic acids is 1. The van der Waals surface area contributed by atoms with Crippen LogP contribution in [0.3, 0.4) is 0 Å². The Balaban J connectivity index is 2.32. The minimum atomic E-state index is -0.316. The topological polar surface area (TPSA) is 47.6 Å². The molecular formula is C15H13BrClNO3. The number of methoxy groups -OCH3 is 2. The van der Waals surface area contributed by atoms with Crippen molar-refractivity contribution in [2.75, 3.05) is 19.5 Å². The highest BCUT2D eigenvalue weighted by Crippen LogP contribution is 2.29. The summed E-state index contributed by atoms with van der Waals surface area (Å²) in [6.45, 7) is 0. The standard InChI is InChI=1S/C15H13BrClNO3/c1-20-10-4-5-12(16)13(8-10)18-15(19)11-7-9(17)3-6-14(11)21-2/h3-8H,1-2H3,(H,18,19). The second kappa shape index (κ2) is 6.83. The number of benzene rings is 2. The monoisotopic (exact) mass is 369 g/mol. The fraction of sp³-hybridized carbons (Fsp3) is 0.133. The maximum Gasteiger partial charge on any atom is 0.259 e. The summed E-state index contributed by atoms with van der Waals surface area (Å²) in [5.74, 6) is 0.783. The average Bonchev–Trinajstić information content (AvgIpc) is 2.49. The molecule has 110 valence electrons. The molecule has 0 unspecified atom stereocenters. The van der Waals surface area contributed by atoms with Gasteiger partial charge in [0.25, 0.3) is 5.91 Å². The van der Waals surface area contributed by atoms with E-state index in [0.29, 0.717) is 27.8 Å². The maximum atomic E-state index is 12.4. The Morgan fingerprint density at radius 1 is 1.14 bits per heavy atom. The molecule has 6 heteroatoms. The minimum absolute atomic E-state index is 0.316. The lowest BCUT2D eigenvalue weighted by molar-refractivity contribution is 0.102. The van der Waals surface area contributed by atoms with Gasteiger partial charge in [0.15, 0.2) is 0 Å². The number of halogens is 2. The van der Waals surface area contributed by atoms with E-state index in [-0.39, 0.29) is 5.91 Å². The van der Waals surface area contributed by atoms with Crippen molar-refractivity contribution in [3.63, 3.8) is 0 Å². The molecule has 0 heterocycles. The first kappa shape index (κ1) is 15.7. The molecule has 21 heavy (non-hydrogen) atoms. The molecule has 0 radical (unpaired) electrons. The van der Waals surface area contributed by atoms with Crippen molar-refractivity contribution in [2.24, 2.45) is 0 Å². The summed E-state index contributed by atoms with van der Waals surface area (Å²) < 4.78 is 11.1. The number of rotatable bonds is 4. The van der Waals surface area contributed by atoms with Gasteiger partial charge in [-0.05, 0) is 46.3 Å². The van der Waals surface area contributed by atoms with Gasteiger partial charge in [-0.3, -0.25) is 4.79 Å². The largest absolute Gasteiger partial charge is 0.497 e. The normalized spacial score (nSPS) is 10.1. The fourth-order valence-electron chi connectivity index (χ4n) is 1.77. The molecule has 1 N–H and O–H groups in total. The predicted molar refractivity (Wildman–Crippen MR) is 86.7 cm³/mol. The summed E-state index contributed by atoms with van der Waals surface area (Å²) in [5.41, 5.74) is 0.959. The van der Waals surface area contributed by atoms with Crippen molar-refractivity contribution in [2.45, 2.75) is 0 Å². The summed E-state index contributed by atoms with van der Waals surface area (Å²) in [4.78, 5) is 12.4. The number of ether oxygens (including phenoxy) is 2. The Morgan fingerprint density at radius 2 is 1.90 bits per heavy atom. The molecule has 0 atom stereocenters. The average molecular weight is 371 g/mol. The van der Waals surface area contributed by atoms with Gasteiger partial charge in [-0.25, -0.2) is 0 Å². The van der Waals surface area contributed by atoms with E-state index >= 15 is 0 Å². The van der Waals surface area contributed by atoms with E-state index in [9.17, 15) is 4.79 Å². The van der Waals surface area contributed by atoms with Gasteiger partial charge in [0, 0.05) is 15.6 Å². The molecule has 0 aliphatic heterocycles. The summed E-state index contributed by atoms with van der Waals surface area (Å²) in [6.07, 6.45) is 0. The Labute approximate surface area is 136 Å². The molecule has 0 bridgehead atoms. The van der Waals surface area contributed by atoms with Crippen LogP contribution in [0, 0.1) is 0 Å². The quantitative estimate of drug-likeness (QED) is 0.869. The van der Waals surface area contributed by atoms with Crippen molar-refractivity contribution in [1.29, 1.82) is 0 Å². The van der Waals surface area contributed by atoms with Crippen molar-refractivity contribution >= 4 is 39.1 Å². The van der Waals surface area contributed by atoms with Gasteiger partial charge in [0.05, 0.1) is 25.5 Å². The van der Waals surface area contributed by atoms with E-state index < -0.39 is 0 Å². The number of nitrogens with one attached hydrogen (secondary N) is 1. The van der Waals surface area contributed by atoms with Crippen molar-refractivity contribution in [3.05, 3.63) is 51.5 Å². The number of anilines is 1. The first-order chi connectivity index (χ1) is 10.0. The van der Waals surface area contributed by atoms with Gasteiger partial charge in [0.1, 0.15) is 11.5 Å². The fourth-order valence-corrected chi connectivity index (χ4v) is 2.29. The lowest BCUT2D eigenvalue weighted by Crippen LogP contribution is -2.13. The van der Waals surface area contributed by atoms with Gasteiger partial charge in [-0.1, -0.05) is 11.6 Å². The highest BCUT2D eigenvalue weighted by Gasteiger charge is 2.14. The molecule has 0 aliphatic carbocycles. The van der Waals surface area contributed by atoms with Crippen LogP contribution in [0.2, 0.25) is 5.02 Å². The van der Waals surface area contributed by atoms with Gasteiger partial charge < -0.3 is 14.8 Å². The molecule has 0 fully saturated rings. The third kappa shape index (κ3) is 3.68. The van der Waals surface area contributed by atoms with Crippen LogP contribution in [0.15, 0.2) is 40.9 Å². The molecule has 0 saturated carbocycles. The molecule has 0 spiro atoms. The van der Waals surface area contributed by atoms with E-state index in [1.165, 1.54) is 7.11 Å². The number of hydrogen-bond donors (Lipinski definition) is 1. The van der Waals surface area contributed by atoms with Crippen LogP contribution in [-0.2, 0) is 0 Å². The number of amides is 1. The van der Waals surface area contributed by atoms with Crippen LogP contribution in [0.25, 0.3) is 0 Å². The van der Waals surface area contributed by atoms with Crippen LogP contribution >= 0.6 is 27.5 Å². The molecule has 0 saturated heterocycles. The first-order valence-corrected chi connectivity index (χ1v) is 7.20. The molecular weight excluding hydrogens is 358 g/mol. The molecule has 4 nitrogen and oxygen atoms in total. The van der Waals surface area contributed by atoms with E-state index in [1.807, 2.05) is 0 Å². The van der Waals surface area contributed by atoms with Gasteiger partial charge in [0.2, 0.25) is 0 Å². The highest BCUT2D eigenvalue weighted by atomic mass is 79.9. The molecule has 2 rings (SSSR count). The zero-order chi connectivity index (χ0) is 15.4. The summed E-state index contributed by atoms with van der Waals surface area (Å²) >= 11 is 9.32. The molecule has 2 aromatic carbocycles. The SMILES string of the molecule is COc1ccc(Br)c(NC(=O)c2cc(Cl)ccc2OC)c1. The van der Waals surface area contributed by atoms with Crippen LogP contribution in [-0.4, -0.2) is 20.1 Å². The lowest BCUT2D eigenvalue weighted by atomic mass is 10.2. The summed E-state index contributed by atoms with van der Waals surface area (Å²) in [5, 5.41) is 3.26. The van der Waals surface area contributed by atoms with Gasteiger partial charge in [-0.15, -0.1) is 0 Å². The molecule has 0 aliphatic rings. The third-order valence-corrected chi connectivity index (χ3v) is 3.75. The first-order valence-electron chi connectivity index (χ1n) is 6.03. The van der Waals surface area contributed by atoms with Gasteiger partial charge in [-0.2, -0.15) is 0 Å². The third-order valence-electron chi connectivity index (χ3n) is 2.83. The second-order valence-corrected chi connectivity index (χ2v) is 5.44. The summed E-state index contributed by atoms with van der Waals surface area (Å²) in [6, 6.07) is 10.2. The molecule has 1 amide bonds. The Hall–Kier alpha value is -1.72. The lowest BCUT2D eigenvalue weighted by Gasteiger charge is -2.12. The van der Waals surface area contributed by atoms with Crippen molar-refractivity contribution < 1.29 is 14.3 Å². The molecule has 2 aromatic rings. The Morgan fingerprint density at radius 3 is 2.57 bits per heavy atom. The zero-order valence-corrected chi connectivity index (χ0v) is 13.8.